The molecule has 1 aliphatic rings. The van der Waals surface area contributed by atoms with E-state index in [1.807, 2.05) is 13.8 Å². The molecule has 88 valence electrons. The monoisotopic (exact) mass is 214 g/mol. The van der Waals surface area contributed by atoms with E-state index in [4.69, 9.17) is 9.47 Å². The molecule has 1 fully saturated rings. The number of rotatable bonds is 5. The van der Waals surface area contributed by atoms with Crippen LogP contribution in [0.3, 0.4) is 0 Å². The Labute approximate surface area is 92.1 Å². The summed E-state index contributed by atoms with van der Waals surface area (Å²) in [5.74, 6) is -0.505. The van der Waals surface area contributed by atoms with Crippen molar-refractivity contribution in [2.75, 3.05) is 6.61 Å². The molecule has 1 atom stereocenters. The standard InChI is InChI=1S/C12H22O3/c1-4-5-6-7-8-11-10(13)9-14-12(2,3)15-11/h11H,4-9H2,1-3H3/t11-/m1/s1. The molecule has 0 saturated carbocycles. The zero-order chi connectivity index (χ0) is 11.3. The van der Waals surface area contributed by atoms with Gasteiger partial charge in [0.2, 0.25) is 0 Å². The molecule has 0 aromatic heterocycles. The Hall–Kier alpha value is -0.410. The summed E-state index contributed by atoms with van der Waals surface area (Å²) in [6, 6.07) is 0. The van der Waals surface area contributed by atoms with Crippen molar-refractivity contribution >= 4 is 5.78 Å². The average molecular weight is 214 g/mol. The predicted molar refractivity (Wildman–Crippen MR) is 58.7 cm³/mol. The fourth-order valence-electron chi connectivity index (χ4n) is 1.76. The van der Waals surface area contributed by atoms with Gasteiger partial charge in [-0.05, 0) is 20.3 Å². The van der Waals surface area contributed by atoms with Gasteiger partial charge in [-0.2, -0.15) is 0 Å². The van der Waals surface area contributed by atoms with Crippen molar-refractivity contribution in [3.8, 4) is 0 Å². The molecule has 0 aliphatic carbocycles. The van der Waals surface area contributed by atoms with Gasteiger partial charge in [-0.3, -0.25) is 4.79 Å². The topological polar surface area (TPSA) is 35.5 Å². The Bertz CT molecular complexity index is 211. The third-order valence-corrected chi connectivity index (χ3v) is 2.67. The number of carbonyl (C=O) groups is 1. The minimum Gasteiger partial charge on any atom is -0.343 e. The van der Waals surface area contributed by atoms with Gasteiger partial charge in [0.15, 0.2) is 11.6 Å². The van der Waals surface area contributed by atoms with Gasteiger partial charge < -0.3 is 9.47 Å². The third kappa shape index (κ3) is 4.31. The lowest BCUT2D eigenvalue weighted by molar-refractivity contribution is -0.259. The molecule has 0 N–H and O–H groups in total. The third-order valence-electron chi connectivity index (χ3n) is 2.67. The Morgan fingerprint density at radius 3 is 2.73 bits per heavy atom. The highest BCUT2D eigenvalue weighted by Crippen LogP contribution is 2.23. The van der Waals surface area contributed by atoms with Crippen LogP contribution in [0, 0.1) is 0 Å². The van der Waals surface area contributed by atoms with Gasteiger partial charge in [-0.25, -0.2) is 0 Å². The Morgan fingerprint density at radius 2 is 2.07 bits per heavy atom. The number of hydrogen-bond donors (Lipinski definition) is 0. The smallest absolute Gasteiger partial charge is 0.187 e. The minimum atomic E-state index is -0.594. The maximum atomic E-state index is 11.5. The van der Waals surface area contributed by atoms with Crippen molar-refractivity contribution < 1.29 is 14.3 Å². The van der Waals surface area contributed by atoms with Crippen LogP contribution < -0.4 is 0 Å². The lowest BCUT2D eigenvalue weighted by Gasteiger charge is -2.34. The normalized spacial score (nSPS) is 25.5. The van der Waals surface area contributed by atoms with Crippen molar-refractivity contribution in [1.82, 2.24) is 0 Å². The first kappa shape index (κ1) is 12.7. The summed E-state index contributed by atoms with van der Waals surface area (Å²) in [4.78, 5) is 11.5. The number of hydrogen-bond acceptors (Lipinski definition) is 3. The van der Waals surface area contributed by atoms with Gasteiger partial charge in [-0.1, -0.05) is 32.6 Å². The molecule has 0 aromatic carbocycles. The van der Waals surface area contributed by atoms with Crippen molar-refractivity contribution in [1.29, 1.82) is 0 Å². The van der Waals surface area contributed by atoms with Gasteiger partial charge in [0.1, 0.15) is 12.7 Å². The largest absolute Gasteiger partial charge is 0.343 e. The van der Waals surface area contributed by atoms with Crippen molar-refractivity contribution in [2.24, 2.45) is 0 Å². The van der Waals surface area contributed by atoms with Crippen LogP contribution in [0.5, 0.6) is 0 Å². The first-order valence-corrected chi connectivity index (χ1v) is 5.89. The lowest BCUT2D eigenvalue weighted by Crippen LogP contribution is -2.45. The Morgan fingerprint density at radius 1 is 1.33 bits per heavy atom. The highest BCUT2D eigenvalue weighted by atomic mass is 16.7. The second-order valence-electron chi connectivity index (χ2n) is 4.61. The summed E-state index contributed by atoms with van der Waals surface area (Å²) in [5.41, 5.74) is 0. The first-order valence-electron chi connectivity index (χ1n) is 5.89. The number of carbonyl (C=O) groups excluding carboxylic acids is 1. The molecule has 0 unspecified atom stereocenters. The van der Waals surface area contributed by atoms with Gasteiger partial charge in [0.05, 0.1) is 0 Å². The van der Waals surface area contributed by atoms with Gasteiger partial charge in [0, 0.05) is 0 Å². The summed E-state index contributed by atoms with van der Waals surface area (Å²) >= 11 is 0. The maximum absolute atomic E-state index is 11.5. The quantitative estimate of drug-likeness (QED) is 0.660. The fraction of sp³-hybridized carbons (Fsp3) is 0.917. The number of unbranched alkanes of at least 4 members (excludes halogenated alkanes) is 3. The molecule has 0 spiro atoms. The van der Waals surface area contributed by atoms with E-state index in [1.54, 1.807) is 0 Å². The summed E-state index contributed by atoms with van der Waals surface area (Å²) < 4.78 is 10.9. The summed E-state index contributed by atoms with van der Waals surface area (Å²) in [5, 5.41) is 0. The molecule has 0 amide bonds. The summed E-state index contributed by atoms with van der Waals surface area (Å²) in [6.07, 6.45) is 5.30. The number of ether oxygens (including phenoxy) is 2. The van der Waals surface area contributed by atoms with Crippen molar-refractivity contribution in [3.05, 3.63) is 0 Å². The minimum absolute atomic E-state index is 0.0887. The van der Waals surface area contributed by atoms with E-state index < -0.39 is 5.79 Å². The van der Waals surface area contributed by atoms with Crippen molar-refractivity contribution in [3.63, 3.8) is 0 Å². The highest BCUT2D eigenvalue weighted by Gasteiger charge is 2.34. The molecule has 3 heteroatoms. The molecule has 1 heterocycles. The van der Waals surface area contributed by atoms with Crippen molar-refractivity contribution in [2.45, 2.75) is 64.8 Å². The Kier molecular flexibility index (Phi) is 4.74. The molecule has 3 nitrogen and oxygen atoms in total. The van der Waals surface area contributed by atoms with E-state index in [1.165, 1.54) is 19.3 Å². The molecule has 1 rings (SSSR count). The van der Waals surface area contributed by atoms with Crippen LogP contribution in [0.1, 0.15) is 52.9 Å². The van der Waals surface area contributed by atoms with Crippen LogP contribution in [0.15, 0.2) is 0 Å². The second-order valence-corrected chi connectivity index (χ2v) is 4.61. The molecule has 0 bridgehead atoms. The lowest BCUT2D eigenvalue weighted by atomic mass is 10.0. The van der Waals surface area contributed by atoms with Crippen LogP contribution in [0.2, 0.25) is 0 Å². The van der Waals surface area contributed by atoms with E-state index in [0.29, 0.717) is 0 Å². The molecular weight excluding hydrogens is 192 g/mol. The number of Topliss-reactive ketones (excluding diaryl/α,β-unsaturated/α-hetero) is 1. The van der Waals surface area contributed by atoms with Crippen LogP contribution in [0.25, 0.3) is 0 Å². The van der Waals surface area contributed by atoms with E-state index in [9.17, 15) is 4.79 Å². The van der Waals surface area contributed by atoms with E-state index >= 15 is 0 Å². The van der Waals surface area contributed by atoms with E-state index in [2.05, 4.69) is 6.92 Å². The second kappa shape index (κ2) is 5.61. The maximum Gasteiger partial charge on any atom is 0.187 e. The highest BCUT2D eigenvalue weighted by molar-refractivity contribution is 5.84. The Balaban J connectivity index is 2.29. The van der Waals surface area contributed by atoms with Crippen LogP contribution in [-0.4, -0.2) is 24.3 Å². The SMILES string of the molecule is CCCCCC[C@H]1OC(C)(C)OCC1=O. The fourth-order valence-corrected chi connectivity index (χ4v) is 1.76. The molecule has 0 radical (unpaired) electrons. The van der Waals surface area contributed by atoms with Crippen LogP contribution >= 0.6 is 0 Å². The predicted octanol–water partition coefficient (Wildman–Crippen LogP) is 2.68. The van der Waals surface area contributed by atoms with Gasteiger partial charge in [0.25, 0.3) is 0 Å². The van der Waals surface area contributed by atoms with E-state index in [0.717, 1.165) is 12.8 Å². The molecule has 1 saturated heterocycles. The number of ketones is 1. The van der Waals surface area contributed by atoms with E-state index in [-0.39, 0.29) is 18.5 Å². The zero-order valence-electron chi connectivity index (χ0n) is 10.0. The molecule has 0 aromatic rings. The molecular formula is C12H22O3. The average Bonchev–Trinajstić information content (AvgIpc) is 2.18. The summed E-state index contributed by atoms with van der Waals surface area (Å²) in [7, 11) is 0. The van der Waals surface area contributed by atoms with Crippen LogP contribution in [0.4, 0.5) is 0 Å². The summed E-state index contributed by atoms with van der Waals surface area (Å²) in [6.45, 7) is 6.10. The van der Waals surface area contributed by atoms with Crippen LogP contribution in [-0.2, 0) is 14.3 Å². The molecule has 15 heavy (non-hydrogen) atoms. The van der Waals surface area contributed by atoms with Gasteiger partial charge >= 0.3 is 0 Å². The zero-order valence-corrected chi connectivity index (χ0v) is 10.0. The first-order chi connectivity index (χ1) is 7.05. The van der Waals surface area contributed by atoms with Gasteiger partial charge in [-0.15, -0.1) is 0 Å². The molecule has 1 aliphatic heterocycles.